The van der Waals surface area contributed by atoms with E-state index in [4.69, 9.17) is 0 Å². The number of benzene rings is 3. The summed E-state index contributed by atoms with van der Waals surface area (Å²) in [5, 5.41) is 4.54. The van der Waals surface area contributed by atoms with Crippen molar-refractivity contribution in [2.24, 2.45) is 0 Å². The second kappa shape index (κ2) is 14.9. The highest BCUT2D eigenvalue weighted by molar-refractivity contribution is 7.95. The highest BCUT2D eigenvalue weighted by Gasteiger charge is 2.44. The van der Waals surface area contributed by atoms with Gasteiger partial charge in [0.2, 0.25) is 0 Å². The maximum atomic E-state index is 2.36. The second-order valence-corrected chi connectivity index (χ2v) is 12.7. The fourth-order valence-electron chi connectivity index (χ4n) is 4.84. The summed E-state index contributed by atoms with van der Waals surface area (Å²) in [6.07, 6.45) is 19.3. The Kier molecular flexibility index (Phi) is 11.5. The average molecular weight is 458 g/mol. The first-order chi connectivity index (χ1) is 16.4. The lowest BCUT2D eigenvalue weighted by Crippen LogP contribution is -2.33. The fraction of sp³-hybridized carbons (Fsp3) is 0.375. The van der Waals surface area contributed by atoms with E-state index in [-0.39, 0.29) is 0 Å². The summed E-state index contributed by atoms with van der Waals surface area (Å²) in [7, 11) is -1.64. The van der Waals surface area contributed by atoms with Crippen LogP contribution in [0.5, 0.6) is 0 Å². The van der Waals surface area contributed by atoms with Gasteiger partial charge in [-0.2, -0.15) is 0 Å². The second-order valence-electron chi connectivity index (χ2n) is 9.04. The van der Waals surface area contributed by atoms with Gasteiger partial charge < -0.3 is 0 Å². The zero-order valence-corrected chi connectivity index (χ0v) is 21.4. The molecule has 0 amide bonds. The van der Waals surface area contributed by atoms with Crippen LogP contribution in [0.2, 0.25) is 0 Å². The molecule has 0 fully saturated rings. The van der Waals surface area contributed by atoms with Crippen LogP contribution in [0.15, 0.2) is 103 Å². The minimum absolute atomic E-state index is 1.17. The quantitative estimate of drug-likeness (QED) is 0.122. The van der Waals surface area contributed by atoms with E-state index < -0.39 is 7.26 Å². The van der Waals surface area contributed by atoms with Crippen molar-refractivity contribution >= 4 is 23.2 Å². The fourth-order valence-corrected chi connectivity index (χ4v) is 9.25. The molecule has 0 atom stereocenters. The van der Waals surface area contributed by atoms with Crippen LogP contribution >= 0.6 is 7.26 Å². The maximum absolute atomic E-state index is 2.36. The predicted molar refractivity (Wildman–Crippen MR) is 151 cm³/mol. The Bertz CT molecular complexity index is 802. The highest BCUT2D eigenvalue weighted by atomic mass is 31.2. The molecule has 3 aromatic rings. The van der Waals surface area contributed by atoms with Gasteiger partial charge in [0.05, 0.1) is 6.16 Å². The lowest BCUT2D eigenvalue weighted by Gasteiger charge is -2.27. The summed E-state index contributed by atoms with van der Waals surface area (Å²) >= 11 is 0. The van der Waals surface area contributed by atoms with Crippen molar-refractivity contribution in [3.05, 3.63) is 103 Å². The molecule has 0 aliphatic carbocycles. The van der Waals surface area contributed by atoms with Crippen molar-refractivity contribution in [1.82, 2.24) is 0 Å². The molecule has 3 aromatic carbocycles. The van der Waals surface area contributed by atoms with Gasteiger partial charge >= 0.3 is 0 Å². The number of rotatable bonds is 15. The molecular weight excluding hydrogens is 415 g/mol. The first kappa shape index (κ1) is 25.5. The van der Waals surface area contributed by atoms with Gasteiger partial charge in [0.25, 0.3) is 0 Å². The Morgan fingerprint density at radius 1 is 0.485 bits per heavy atom. The number of allylic oxidation sites excluding steroid dienone is 2. The smallest absolute Gasteiger partial charge is 0.0888 e. The Balaban J connectivity index is 1.60. The van der Waals surface area contributed by atoms with Crippen molar-refractivity contribution < 1.29 is 0 Å². The third kappa shape index (κ3) is 7.68. The van der Waals surface area contributed by atoms with Gasteiger partial charge in [-0.3, -0.25) is 0 Å². The number of hydrogen-bond donors (Lipinski definition) is 0. The lowest BCUT2D eigenvalue weighted by atomic mass is 10.1. The molecule has 0 heterocycles. The maximum Gasteiger partial charge on any atom is 0.112 e. The van der Waals surface area contributed by atoms with Crippen LogP contribution in [0, 0.1) is 0 Å². The number of unbranched alkanes of at least 4 members (excludes halogenated alkanes) is 8. The van der Waals surface area contributed by atoms with E-state index >= 15 is 0 Å². The van der Waals surface area contributed by atoms with Crippen LogP contribution in [-0.4, -0.2) is 6.16 Å². The average Bonchev–Trinajstić information content (AvgIpc) is 2.89. The van der Waals surface area contributed by atoms with Gasteiger partial charge in [-0.25, -0.2) is 0 Å². The van der Waals surface area contributed by atoms with Crippen LogP contribution in [0.25, 0.3) is 0 Å². The molecule has 0 aliphatic heterocycles. The molecule has 0 spiro atoms. The molecular formula is C32H42P+. The van der Waals surface area contributed by atoms with Crippen molar-refractivity contribution in [3.63, 3.8) is 0 Å². The Labute approximate surface area is 203 Å². The van der Waals surface area contributed by atoms with E-state index in [2.05, 4.69) is 110 Å². The molecule has 0 aliphatic rings. The highest BCUT2D eigenvalue weighted by Crippen LogP contribution is 2.55. The Morgan fingerprint density at radius 2 is 0.879 bits per heavy atom. The minimum Gasteiger partial charge on any atom is -0.0888 e. The van der Waals surface area contributed by atoms with E-state index in [1.807, 2.05) is 0 Å². The van der Waals surface area contributed by atoms with Crippen LogP contribution in [0.4, 0.5) is 0 Å². The summed E-state index contributed by atoms with van der Waals surface area (Å²) in [6, 6.07) is 33.9. The van der Waals surface area contributed by atoms with Gasteiger partial charge in [0, 0.05) is 0 Å². The van der Waals surface area contributed by atoms with Crippen molar-refractivity contribution in [2.75, 3.05) is 6.16 Å². The van der Waals surface area contributed by atoms with Gasteiger partial charge in [-0.15, -0.1) is 0 Å². The summed E-state index contributed by atoms with van der Waals surface area (Å²) in [5.41, 5.74) is 0. The molecule has 0 radical (unpaired) electrons. The molecule has 0 saturated heterocycles. The molecule has 0 bridgehead atoms. The van der Waals surface area contributed by atoms with Gasteiger partial charge in [0.1, 0.15) is 23.2 Å². The van der Waals surface area contributed by atoms with E-state index in [9.17, 15) is 0 Å². The van der Waals surface area contributed by atoms with E-state index in [1.54, 1.807) is 0 Å². The predicted octanol–water partition coefficient (Wildman–Crippen LogP) is 8.46. The van der Waals surface area contributed by atoms with Crippen molar-refractivity contribution in [1.29, 1.82) is 0 Å². The summed E-state index contributed by atoms with van der Waals surface area (Å²) in [4.78, 5) is 0. The van der Waals surface area contributed by atoms with E-state index in [0.717, 1.165) is 0 Å². The van der Waals surface area contributed by atoms with E-state index in [0.29, 0.717) is 0 Å². The van der Waals surface area contributed by atoms with Gasteiger partial charge in [-0.05, 0) is 68.5 Å². The Hall–Kier alpha value is -2.17. The number of hydrogen-bond acceptors (Lipinski definition) is 0. The Morgan fingerprint density at radius 3 is 1.30 bits per heavy atom. The third-order valence-electron chi connectivity index (χ3n) is 6.61. The molecule has 0 saturated carbocycles. The molecule has 0 nitrogen and oxygen atoms in total. The third-order valence-corrected chi connectivity index (χ3v) is 11.1. The van der Waals surface area contributed by atoms with Crippen molar-refractivity contribution in [3.8, 4) is 0 Å². The molecule has 1 heteroatoms. The van der Waals surface area contributed by atoms with E-state index in [1.165, 1.54) is 86.3 Å². The SMILES string of the molecule is CC/C=C\CCCCCCCCCC[P+](c1ccccc1)(c1ccccc1)c1ccccc1. The van der Waals surface area contributed by atoms with Crippen LogP contribution < -0.4 is 15.9 Å². The summed E-state index contributed by atoms with van der Waals surface area (Å²) in [5.74, 6) is 0. The standard InChI is InChI=1S/C32H42P/c1-2-3-4-5-6-7-8-9-10-11-12-22-29-33(30-23-16-13-17-24-30,31-25-18-14-19-26-31)32-27-20-15-21-28-32/h3-4,13-21,23-28H,2,5-12,22,29H2,1H3/q+1/b4-3-. The summed E-state index contributed by atoms with van der Waals surface area (Å²) in [6.45, 7) is 2.21. The van der Waals surface area contributed by atoms with Gasteiger partial charge in [-0.1, -0.05) is 106 Å². The topological polar surface area (TPSA) is 0 Å². The largest absolute Gasteiger partial charge is 0.112 e. The van der Waals surface area contributed by atoms with Crippen LogP contribution in [0.1, 0.15) is 71.1 Å². The molecule has 0 unspecified atom stereocenters. The molecule has 3 rings (SSSR count). The molecule has 0 N–H and O–H groups in total. The van der Waals surface area contributed by atoms with Crippen LogP contribution in [-0.2, 0) is 0 Å². The van der Waals surface area contributed by atoms with Crippen LogP contribution in [0.3, 0.4) is 0 Å². The zero-order chi connectivity index (χ0) is 23.0. The molecule has 33 heavy (non-hydrogen) atoms. The monoisotopic (exact) mass is 457 g/mol. The lowest BCUT2D eigenvalue weighted by molar-refractivity contribution is 0.578. The summed E-state index contributed by atoms with van der Waals surface area (Å²) < 4.78 is 0. The first-order valence-electron chi connectivity index (χ1n) is 13.1. The first-order valence-corrected chi connectivity index (χ1v) is 15.1. The molecule has 174 valence electrons. The van der Waals surface area contributed by atoms with Crippen molar-refractivity contribution in [2.45, 2.75) is 71.1 Å². The normalized spacial score (nSPS) is 11.8. The molecule has 0 aromatic heterocycles. The van der Waals surface area contributed by atoms with Gasteiger partial charge in [0.15, 0.2) is 0 Å². The zero-order valence-electron chi connectivity index (χ0n) is 20.5. The minimum atomic E-state index is -1.64.